The van der Waals surface area contributed by atoms with Crippen molar-refractivity contribution in [2.75, 3.05) is 19.7 Å². The zero-order chi connectivity index (χ0) is 29.9. The van der Waals surface area contributed by atoms with Gasteiger partial charge in [-0.05, 0) is 46.1 Å². The largest absolute Gasteiger partial charge is 0.480 e. The SMILES string of the molecule is CC(C)(C)[C@@H](NC(=O)C1(NC(=O)OCC2c3ccccc3-c3ccccc32)CCN(Cc2ccccc2)CC1)C(=O)O. The third kappa shape index (κ3) is 6.19. The third-order valence-electron chi connectivity index (χ3n) is 8.47. The molecule has 1 aliphatic heterocycles. The van der Waals surface area contributed by atoms with Crippen molar-refractivity contribution in [3.8, 4) is 11.1 Å². The maximum Gasteiger partial charge on any atom is 0.408 e. The summed E-state index contributed by atoms with van der Waals surface area (Å²) in [6.07, 6.45) is -0.0373. The van der Waals surface area contributed by atoms with Gasteiger partial charge in [-0.25, -0.2) is 9.59 Å². The first-order chi connectivity index (χ1) is 20.1. The van der Waals surface area contributed by atoms with Gasteiger partial charge in [-0.15, -0.1) is 0 Å². The van der Waals surface area contributed by atoms with Gasteiger partial charge in [0.25, 0.3) is 0 Å². The summed E-state index contributed by atoms with van der Waals surface area (Å²) in [7, 11) is 0. The first-order valence-corrected chi connectivity index (χ1v) is 14.5. The Morgan fingerprint density at radius 1 is 0.905 bits per heavy atom. The van der Waals surface area contributed by atoms with Gasteiger partial charge in [0.1, 0.15) is 18.2 Å². The van der Waals surface area contributed by atoms with E-state index in [0.717, 1.165) is 34.4 Å². The average Bonchev–Trinajstić information content (AvgIpc) is 3.29. The van der Waals surface area contributed by atoms with E-state index < -0.39 is 35.0 Å². The normalized spacial score (nSPS) is 17.0. The number of carboxylic acids is 1. The number of nitrogens with one attached hydrogen (secondary N) is 2. The maximum atomic E-state index is 13.8. The lowest BCUT2D eigenvalue weighted by Gasteiger charge is -2.42. The number of carboxylic acid groups (broad SMARTS) is 1. The van der Waals surface area contributed by atoms with Crippen LogP contribution in [0.25, 0.3) is 11.1 Å². The number of carbonyl (C=O) groups excluding carboxylic acids is 2. The topological polar surface area (TPSA) is 108 Å². The number of rotatable bonds is 8. The maximum absolute atomic E-state index is 13.8. The third-order valence-corrected chi connectivity index (χ3v) is 8.47. The monoisotopic (exact) mass is 569 g/mol. The molecule has 5 rings (SSSR count). The molecule has 0 bridgehead atoms. The Kier molecular flexibility index (Phi) is 8.36. The summed E-state index contributed by atoms with van der Waals surface area (Å²) < 4.78 is 5.80. The second kappa shape index (κ2) is 12.0. The second-order valence-electron chi connectivity index (χ2n) is 12.4. The van der Waals surface area contributed by atoms with Crippen LogP contribution in [0.3, 0.4) is 0 Å². The van der Waals surface area contributed by atoms with Crippen LogP contribution in [0.15, 0.2) is 78.9 Å². The van der Waals surface area contributed by atoms with E-state index in [1.165, 1.54) is 0 Å². The number of likely N-dealkylation sites (tertiary alicyclic amines) is 1. The molecule has 8 heteroatoms. The number of carbonyl (C=O) groups is 3. The molecule has 0 aromatic heterocycles. The minimum Gasteiger partial charge on any atom is -0.480 e. The molecule has 1 saturated heterocycles. The molecule has 0 unspecified atom stereocenters. The number of amides is 2. The molecule has 1 aliphatic carbocycles. The zero-order valence-electron chi connectivity index (χ0n) is 24.4. The first-order valence-electron chi connectivity index (χ1n) is 14.5. The number of alkyl carbamates (subject to hydrolysis) is 1. The molecular weight excluding hydrogens is 530 g/mol. The molecule has 0 saturated carbocycles. The number of hydrogen-bond donors (Lipinski definition) is 3. The van der Waals surface area contributed by atoms with E-state index in [1.807, 2.05) is 42.5 Å². The van der Waals surface area contributed by atoms with Gasteiger partial charge >= 0.3 is 12.1 Å². The molecule has 8 nitrogen and oxygen atoms in total. The highest BCUT2D eigenvalue weighted by atomic mass is 16.5. The highest BCUT2D eigenvalue weighted by Gasteiger charge is 2.46. The van der Waals surface area contributed by atoms with Crippen LogP contribution in [0.1, 0.15) is 56.2 Å². The summed E-state index contributed by atoms with van der Waals surface area (Å²) in [4.78, 5) is 41.5. The quantitative estimate of drug-likeness (QED) is 0.345. The van der Waals surface area contributed by atoms with Crippen LogP contribution in [0.5, 0.6) is 0 Å². The van der Waals surface area contributed by atoms with Gasteiger partial charge in [-0.1, -0.05) is 99.6 Å². The first kappa shape index (κ1) is 29.3. The number of hydrogen-bond acceptors (Lipinski definition) is 5. The average molecular weight is 570 g/mol. The number of piperidine rings is 1. The van der Waals surface area contributed by atoms with Crippen molar-refractivity contribution in [1.29, 1.82) is 0 Å². The molecule has 3 N–H and O–H groups in total. The van der Waals surface area contributed by atoms with E-state index in [0.29, 0.717) is 25.9 Å². The fourth-order valence-electron chi connectivity index (χ4n) is 6.09. The van der Waals surface area contributed by atoms with Gasteiger partial charge in [0.2, 0.25) is 5.91 Å². The van der Waals surface area contributed by atoms with Gasteiger partial charge in [0, 0.05) is 25.6 Å². The van der Waals surface area contributed by atoms with Crippen molar-refractivity contribution in [2.45, 2.75) is 57.7 Å². The van der Waals surface area contributed by atoms with E-state index in [2.05, 4.69) is 51.9 Å². The predicted octanol–water partition coefficient (Wildman–Crippen LogP) is 5.18. The van der Waals surface area contributed by atoms with Crippen molar-refractivity contribution in [3.05, 3.63) is 95.6 Å². The number of aliphatic carboxylic acids is 1. The Balaban J connectivity index is 1.31. The molecular formula is C34H39N3O5. The summed E-state index contributed by atoms with van der Waals surface area (Å²) in [6, 6.07) is 25.2. The number of ether oxygens (including phenoxy) is 1. The van der Waals surface area contributed by atoms with Crippen LogP contribution in [-0.2, 0) is 20.9 Å². The van der Waals surface area contributed by atoms with Crippen LogP contribution in [0.4, 0.5) is 4.79 Å². The lowest BCUT2D eigenvalue weighted by atomic mass is 9.83. The van der Waals surface area contributed by atoms with Gasteiger partial charge in [-0.2, -0.15) is 0 Å². The van der Waals surface area contributed by atoms with Gasteiger partial charge in [-0.3, -0.25) is 9.69 Å². The molecule has 2 amide bonds. The molecule has 3 aromatic rings. The van der Waals surface area contributed by atoms with Crippen LogP contribution in [-0.4, -0.2) is 59.3 Å². The second-order valence-corrected chi connectivity index (χ2v) is 12.4. The van der Waals surface area contributed by atoms with Crippen molar-refractivity contribution >= 4 is 18.0 Å². The van der Waals surface area contributed by atoms with Crippen LogP contribution < -0.4 is 10.6 Å². The van der Waals surface area contributed by atoms with Crippen LogP contribution in [0, 0.1) is 5.41 Å². The van der Waals surface area contributed by atoms with Crippen LogP contribution >= 0.6 is 0 Å². The zero-order valence-corrected chi connectivity index (χ0v) is 24.4. The molecule has 1 heterocycles. The van der Waals surface area contributed by atoms with E-state index in [4.69, 9.17) is 4.74 Å². The standard InChI is InChI=1S/C34H39N3O5/c1-33(2,3)29(30(38)39)35-31(40)34(17-19-37(20-18-34)21-23-11-5-4-6-12-23)36-32(41)42-22-28-26-15-9-7-13-24(26)25-14-8-10-16-27(25)28/h4-16,28-29H,17-22H2,1-3H3,(H,35,40)(H,36,41)(H,38,39)/t29-/m0/s1. The van der Waals surface area contributed by atoms with E-state index in [-0.39, 0.29) is 12.5 Å². The number of benzene rings is 3. The number of nitrogens with zero attached hydrogens (tertiary/aromatic N) is 1. The van der Waals surface area contributed by atoms with Gasteiger partial charge in [0.15, 0.2) is 0 Å². The van der Waals surface area contributed by atoms with E-state index in [1.54, 1.807) is 20.8 Å². The fraction of sp³-hybridized carbons (Fsp3) is 0.382. The highest BCUT2D eigenvalue weighted by molar-refractivity contribution is 5.93. The molecule has 42 heavy (non-hydrogen) atoms. The smallest absolute Gasteiger partial charge is 0.408 e. The minimum absolute atomic E-state index is 0.113. The Morgan fingerprint density at radius 3 is 2.00 bits per heavy atom. The lowest BCUT2D eigenvalue weighted by Crippen LogP contribution is -2.66. The van der Waals surface area contributed by atoms with Crippen LogP contribution in [0.2, 0.25) is 0 Å². The molecule has 2 aliphatic rings. The van der Waals surface area contributed by atoms with E-state index in [9.17, 15) is 19.5 Å². The molecule has 3 aromatic carbocycles. The summed E-state index contributed by atoms with van der Waals surface area (Å²) in [5.41, 5.74) is 3.61. The number of fused-ring (bicyclic) bond motifs is 3. The molecule has 0 spiro atoms. The van der Waals surface area contributed by atoms with Gasteiger partial charge < -0.3 is 20.5 Å². The van der Waals surface area contributed by atoms with Crippen molar-refractivity contribution in [2.24, 2.45) is 5.41 Å². The molecule has 1 atom stereocenters. The molecule has 220 valence electrons. The molecule has 0 radical (unpaired) electrons. The predicted molar refractivity (Wildman–Crippen MR) is 161 cm³/mol. The summed E-state index contributed by atoms with van der Waals surface area (Å²) >= 11 is 0. The lowest BCUT2D eigenvalue weighted by molar-refractivity contribution is -0.146. The summed E-state index contributed by atoms with van der Waals surface area (Å²) in [5, 5.41) is 15.5. The summed E-state index contributed by atoms with van der Waals surface area (Å²) in [6.45, 7) is 7.25. The highest BCUT2D eigenvalue weighted by Crippen LogP contribution is 2.44. The molecule has 1 fully saturated rings. The van der Waals surface area contributed by atoms with Crippen molar-refractivity contribution < 1.29 is 24.2 Å². The Labute approximate surface area is 247 Å². The van der Waals surface area contributed by atoms with Crippen molar-refractivity contribution in [3.63, 3.8) is 0 Å². The Hall–Kier alpha value is -4.17. The fourth-order valence-corrected chi connectivity index (χ4v) is 6.09. The summed E-state index contributed by atoms with van der Waals surface area (Å²) in [5.74, 6) is -1.73. The minimum atomic E-state index is -1.30. The van der Waals surface area contributed by atoms with E-state index >= 15 is 0 Å². The Morgan fingerprint density at radius 2 is 1.45 bits per heavy atom. The van der Waals surface area contributed by atoms with Crippen molar-refractivity contribution in [1.82, 2.24) is 15.5 Å². The Bertz CT molecular complexity index is 1400. The van der Waals surface area contributed by atoms with Gasteiger partial charge in [0.05, 0.1) is 0 Å².